The van der Waals surface area contributed by atoms with Crippen molar-refractivity contribution in [2.45, 2.75) is 46.6 Å². The number of nitrogens with zero attached hydrogens (tertiary/aromatic N) is 4. The third kappa shape index (κ3) is 4.28. The number of thiophene rings is 1. The highest BCUT2D eigenvalue weighted by Gasteiger charge is 2.15. The predicted octanol–water partition coefficient (Wildman–Crippen LogP) is 2.51. The number of aryl methyl sites for hydroxylation is 1. The molecule has 1 N–H and O–H groups in total. The molecule has 0 saturated heterocycles. The summed E-state index contributed by atoms with van der Waals surface area (Å²) in [5.74, 6) is 0.607. The van der Waals surface area contributed by atoms with Gasteiger partial charge in [0.2, 0.25) is 5.91 Å². The predicted molar refractivity (Wildman–Crippen MR) is 114 cm³/mol. The zero-order valence-electron chi connectivity index (χ0n) is 16.9. The van der Waals surface area contributed by atoms with E-state index in [-0.39, 0.29) is 18.0 Å². The third-order valence-electron chi connectivity index (χ3n) is 4.81. The Morgan fingerprint density at radius 3 is 2.61 bits per heavy atom. The van der Waals surface area contributed by atoms with E-state index in [1.807, 2.05) is 28.8 Å². The van der Waals surface area contributed by atoms with Crippen LogP contribution in [0.5, 0.6) is 0 Å². The van der Waals surface area contributed by atoms with Crippen LogP contribution in [0.3, 0.4) is 0 Å². The average molecular weight is 404 g/mol. The summed E-state index contributed by atoms with van der Waals surface area (Å²) in [7, 11) is 0. The molecule has 152 valence electrons. The van der Waals surface area contributed by atoms with Crippen LogP contribution in [0.1, 0.15) is 39.4 Å². The van der Waals surface area contributed by atoms with Crippen LogP contribution in [0.15, 0.2) is 22.3 Å². The van der Waals surface area contributed by atoms with Crippen molar-refractivity contribution < 1.29 is 4.79 Å². The highest BCUT2D eigenvalue weighted by atomic mass is 32.1. The minimum absolute atomic E-state index is 0.0529. The van der Waals surface area contributed by atoms with Crippen molar-refractivity contribution in [3.05, 3.63) is 33.7 Å². The molecule has 0 spiro atoms. The van der Waals surface area contributed by atoms with Crippen LogP contribution < -0.4 is 10.9 Å². The lowest BCUT2D eigenvalue weighted by Crippen LogP contribution is -2.39. The molecule has 3 heterocycles. The Morgan fingerprint density at radius 2 is 1.93 bits per heavy atom. The minimum atomic E-state index is -0.227. The number of hydrogen-bond donors (Lipinski definition) is 1. The van der Waals surface area contributed by atoms with Crippen molar-refractivity contribution >= 4 is 33.0 Å². The van der Waals surface area contributed by atoms with Gasteiger partial charge in [0.1, 0.15) is 17.9 Å². The summed E-state index contributed by atoms with van der Waals surface area (Å²) in [6.07, 6.45) is 2.88. The first-order valence-electron chi connectivity index (χ1n) is 10.1. The minimum Gasteiger partial charge on any atom is -0.353 e. The van der Waals surface area contributed by atoms with Crippen molar-refractivity contribution in [1.82, 2.24) is 24.4 Å². The molecule has 0 aromatic carbocycles. The summed E-state index contributed by atoms with van der Waals surface area (Å²) in [4.78, 5) is 27.6. The summed E-state index contributed by atoms with van der Waals surface area (Å²) in [5, 5.41) is 9.40. The number of carbonyl (C=O) groups is 1. The molecule has 0 unspecified atom stereocenters. The van der Waals surface area contributed by atoms with Crippen molar-refractivity contribution in [3.8, 4) is 0 Å². The van der Waals surface area contributed by atoms with Crippen molar-refractivity contribution in [2.75, 3.05) is 26.2 Å². The third-order valence-corrected chi connectivity index (χ3v) is 5.66. The molecule has 8 heteroatoms. The summed E-state index contributed by atoms with van der Waals surface area (Å²) < 4.78 is 4.27. The van der Waals surface area contributed by atoms with E-state index in [4.69, 9.17) is 0 Å². The average Bonchev–Trinajstić information content (AvgIpc) is 3.26. The lowest BCUT2D eigenvalue weighted by atomic mass is 10.3. The van der Waals surface area contributed by atoms with Crippen molar-refractivity contribution in [3.63, 3.8) is 0 Å². The second-order valence-corrected chi connectivity index (χ2v) is 7.91. The van der Waals surface area contributed by atoms with Crippen molar-refractivity contribution in [2.24, 2.45) is 0 Å². The fourth-order valence-electron chi connectivity index (χ4n) is 3.57. The Kier molecular flexibility index (Phi) is 6.85. The summed E-state index contributed by atoms with van der Waals surface area (Å²) in [6.45, 7) is 9.74. The molecule has 0 aliphatic heterocycles. The van der Waals surface area contributed by atoms with Gasteiger partial charge in [0, 0.05) is 19.5 Å². The van der Waals surface area contributed by atoms with Crippen molar-refractivity contribution in [1.29, 1.82) is 0 Å². The van der Waals surface area contributed by atoms with E-state index in [1.165, 1.54) is 4.68 Å². The largest absolute Gasteiger partial charge is 0.353 e. The standard InChI is InChI=1S/C20H29N5O2S/c1-4-9-23(10-5-2)11-8-21-19(26)14-24-20(27)16-13-17-15(7-12-28-17)25(16)18(6-3)22-24/h7,12-13H,4-6,8-11,14H2,1-3H3,(H,21,26). The Hall–Kier alpha value is -2.19. The molecule has 3 rings (SSSR count). The molecular weight excluding hydrogens is 374 g/mol. The number of carbonyl (C=O) groups excluding carboxylic acids is 1. The van der Waals surface area contributed by atoms with Gasteiger partial charge in [-0.05, 0) is 43.4 Å². The van der Waals surface area contributed by atoms with Crippen LogP contribution in [0.4, 0.5) is 0 Å². The first-order chi connectivity index (χ1) is 13.6. The van der Waals surface area contributed by atoms with Gasteiger partial charge < -0.3 is 10.2 Å². The topological polar surface area (TPSA) is 71.6 Å². The Balaban J connectivity index is 1.72. The second-order valence-electron chi connectivity index (χ2n) is 6.96. The van der Waals surface area contributed by atoms with Gasteiger partial charge in [-0.1, -0.05) is 20.8 Å². The number of fused-ring (bicyclic) bond motifs is 3. The van der Waals surface area contributed by atoms with Gasteiger partial charge in [0.05, 0.1) is 10.2 Å². The molecule has 0 fully saturated rings. The molecule has 0 aliphatic carbocycles. The maximum atomic E-state index is 12.8. The van der Waals surface area contributed by atoms with E-state index in [0.717, 1.165) is 48.5 Å². The van der Waals surface area contributed by atoms with Gasteiger partial charge in [-0.3, -0.25) is 14.0 Å². The van der Waals surface area contributed by atoms with Gasteiger partial charge in [-0.2, -0.15) is 5.10 Å². The molecule has 1 amide bonds. The van der Waals surface area contributed by atoms with Gasteiger partial charge in [0.25, 0.3) is 5.56 Å². The molecule has 0 bridgehead atoms. The fourth-order valence-corrected chi connectivity index (χ4v) is 4.38. The summed E-state index contributed by atoms with van der Waals surface area (Å²) >= 11 is 1.60. The number of nitrogens with one attached hydrogen (secondary N) is 1. The van der Waals surface area contributed by atoms with Crippen LogP contribution in [-0.4, -0.2) is 51.2 Å². The molecule has 0 atom stereocenters. The number of rotatable bonds is 10. The van der Waals surface area contributed by atoms with Gasteiger partial charge in [-0.25, -0.2) is 4.68 Å². The maximum absolute atomic E-state index is 12.8. The quantitative estimate of drug-likeness (QED) is 0.565. The van der Waals surface area contributed by atoms with E-state index in [9.17, 15) is 9.59 Å². The molecule has 3 aromatic rings. The van der Waals surface area contributed by atoms with E-state index >= 15 is 0 Å². The van der Waals surface area contributed by atoms with Gasteiger partial charge >= 0.3 is 0 Å². The smallest absolute Gasteiger partial charge is 0.291 e. The molecule has 7 nitrogen and oxygen atoms in total. The lowest BCUT2D eigenvalue weighted by Gasteiger charge is -2.21. The Labute approximate surface area is 169 Å². The molecule has 0 saturated carbocycles. The first-order valence-corrected chi connectivity index (χ1v) is 10.9. The zero-order valence-corrected chi connectivity index (χ0v) is 17.7. The van der Waals surface area contributed by atoms with E-state index in [2.05, 4.69) is 29.2 Å². The van der Waals surface area contributed by atoms with Gasteiger partial charge in [0.15, 0.2) is 0 Å². The molecular formula is C20H29N5O2S. The Morgan fingerprint density at radius 1 is 1.18 bits per heavy atom. The van der Waals surface area contributed by atoms with Crippen LogP contribution in [0.25, 0.3) is 15.7 Å². The molecule has 28 heavy (non-hydrogen) atoms. The first kappa shape index (κ1) is 20.5. The van der Waals surface area contributed by atoms with E-state index in [0.29, 0.717) is 18.5 Å². The highest BCUT2D eigenvalue weighted by molar-refractivity contribution is 7.17. The van der Waals surface area contributed by atoms with Crippen LogP contribution in [0.2, 0.25) is 0 Å². The fraction of sp³-hybridized carbons (Fsp3) is 0.550. The highest BCUT2D eigenvalue weighted by Crippen LogP contribution is 2.24. The zero-order chi connectivity index (χ0) is 20.1. The SMILES string of the molecule is CCCN(CCC)CCNC(=O)Cn1nc(CC)n2c(cc3sccc32)c1=O. The van der Waals surface area contributed by atoms with E-state index in [1.54, 1.807) is 11.3 Å². The summed E-state index contributed by atoms with van der Waals surface area (Å²) in [6, 6.07) is 3.90. The number of aromatic nitrogens is 3. The molecule has 0 aliphatic rings. The Bertz CT molecular complexity index is 997. The second kappa shape index (κ2) is 9.34. The monoisotopic (exact) mass is 403 g/mol. The van der Waals surface area contributed by atoms with Gasteiger partial charge in [-0.15, -0.1) is 11.3 Å². The molecule has 0 radical (unpaired) electrons. The van der Waals surface area contributed by atoms with Crippen LogP contribution in [-0.2, 0) is 17.8 Å². The number of hydrogen-bond acceptors (Lipinski definition) is 5. The number of amides is 1. The van der Waals surface area contributed by atoms with Crippen LogP contribution >= 0.6 is 11.3 Å². The van der Waals surface area contributed by atoms with Crippen LogP contribution in [0, 0.1) is 0 Å². The normalized spacial score (nSPS) is 11.7. The molecule has 3 aromatic heterocycles. The maximum Gasteiger partial charge on any atom is 0.291 e. The lowest BCUT2D eigenvalue weighted by molar-refractivity contribution is -0.121. The van der Waals surface area contributed by atoms with E-state index < -0.39 is 0 Å². The summed E-state index contributed by atoms with van der Waals surface area (Å²) in [5.41, 5.74) is 1.36.